The van der Waals surface area contributed by atoms with Crippen LogP contribution in [0.3, 0.4) is 0 Å². The number of hydrogen-bond donors (Lipinski definition) is 1. The predicted octanol–water partition coefficient (Wildman–Crippen LogP) is 2.35. The molecular weight excluding hydrogens is 276 g/mol. The Morgan fingerprint density at radius 3 is 2.37 bits per heavy atom. The van der Waals surface area contributed by atoms with Gasteiger partial charge in [0.05, 0.1) is 15.7 Å². The molecule has 1 rings (SSSR count). The molecular formula is C10H11ClN4O4. The van der Waals surface area contributed by atoms with Crippen molar-refractivity contribution in [3.8, 4) is 0 Å². The van der Waals surface area contributed by atoms with Crippen LogP contribution in [0.2, 0.25) is 0 Å². The standard InChI is InChI=1S/C10H11ClN4O4/c1-5-3-7(14(16)17)6(2)10(15(18)19)9(5)13-8(12)4-11/h3H,4H2,1-2H3,(H2,12,13). The van der Waals surface area contributed by atoms with Crippen LogP contribution in [0.5, 0.6) is 0 Å². The molecule has 0 aromatic heterocycles. The van der Waals surface area contributed by atoms with Crippen LogP contribution in [-0.2, 0) is 0 Å². The normalized spacial score (nSPS) is 11.4. The number of nitrogens with two attached hydrogens (primary N) is 1. The minimum atomic E-state index is -0.713. The summed E-state index contributed by atoms with van der Waals surface area (Å²) in [5.74, 6) is -0.0896. The Morgan fingerprint density at radius 2 is 1.95 bits per heavy atom. The minimum absolute atomic E-state index is 0.00104. The van der Waals surface area contributed by atoms with Gasteiger partial charge in [-0.05, 0) is 19.4 Å². The van der Waals surface area contributed by atoms with E-state index in [1.54, 1.807) is 0 Å². The van der Waals surface area contributed by atoms with Gasteiger partial charge in [0.25, 0.3) is 5.69 Å². The van der Waals surface area contributed by atoms with Gasteiger partial charge in [0.1, 0.15) is 17.1 Å². The summed E-state index contributed by atoms with van der Waals surface area (Å²) in [5, 5.41) is 21.9. The fourth-order valence-electron chi connectivity index (χ4n) is 1.60. The zero-order valence-electron chi connectivity index (χ0n) is 10.2. The maximum atomic E-state index is 11.1. The number of nitrogens with zero attached hydrogens (tertiary/aromatic N) is 3. The lowest BCUT2D eigenvalue weighted by Crippen LogP contribution is -2.13. The molecule has 0 fully saturated rings. The van der Waals surface area contributed by atoms with Gasteiger partial charge in [0.15, 0.2) is 0 Å². The summed E-state index contributed by atoms with van der Waals surface area (Å²) in [6.07, 6.45) is 0. The van der Waals surface area contributed by atoms with Gasteiger partial charge in [-0.1, -0.05) is 0 Å². The third-order valence-electron chi connectivity index (χ3n) is 2.46. The van der Waals surface area contributed by atoms with E-state index in [9.17, 15) is 20.2 Å². The van der Waals surface area contributed by atoms with E-state index < -0.39 is 15.5 Å². The van der Waals surface area contributed by atoms with Crippen LogP contribution in [0.15, 0.2) is 11.1 Å². The van der Waals surface area contributed by atoms with Crippen molar-refractivity contribution >= 4 is 34.5 Å². The van der Waals surface area contributed by atoms with E-state index in [2.05, 4.69) is 4.99 Å². The summed E-state index contributed by atoms with van der Waals surface area (Å²) in [6, 6.07) is 1.22. The molecule has 0 amide bonds. The first kappa shape index (κ1) is 14.8. The first-order valence-corrected chi connectivity index (χ1v) is 5.65. The van der Waals surface area contributed by atoms with Crippen LogP contribution in [0.4, 0.5) is 17.1 Å². The van der Waals surface area contributed by atoms with Gasteiger partial charge in [-0.3, -0.25) is 20.2 Å². The van der Waals surface area contributed by atoms with Gasteiger partial charge in [-0.25, -0.2) is 4.99 Å². The molecule has 9 heteroatoms. The molecule has 0 bridgehead atoms. The number of rotatable bonds is 4. The molecule has 0 aliphatic carbocycles. The maximum Gasteiger partial charge on any atom is 0.304 e. The number of halogens is 1. The van der Waals surface area contributed by atoms with Gasteiger partial charge in [0.2, 0.25) is 0 Å². The lowest BCUT2D eigenvalue weighted by molar-refractivity contribution is -0.394. The topological polar surface area (TPSA) is 125 Å². The Bertz CT molecular complexity index is 585. The second-order valence-electron chi connectivity index (χ2n) is 3.79. The second kappa shape index (κ2) is 5.61. The fourth-order valence-corrected chi connectivity index (χ4v) is 1.65. The minimum Gasteiger partial charge on any atom is -0.386 e. The van der Waals surface area contributed by atoms with Crippen molar-refractivity contribution in [2.24, 2.45) is 10.7 Å². The van der Waals surface area contributed by atoms with Gasteiger partial charge >= 0.3 is 5.69 Å². The number of benzene rings is 1. The number of hydrogen-bond acceptors (Lipinski definition) is 5. The Balaban J connectivity index is 3.69. The monoisotopic (exact) mass is 286 g/mol. The zero-order valence-corrected chi connectivity index (χ0v) is 11.0. The molecule has 1 aromatic carbocycles. The number of nitro groups is 2. The summed E-state index contributed by atoms with van der Waals surface area (Å²) in [6.45, 7) is 2.78. The molecule has 0 spiro atoms. The first-order valence-electron chi connectivity index (χ1n) is 5.11. The molecule has 0 aliphatic heterocycles. The Hall–Kier alpha value is -2.22. The van der Waals surface area contributed by atoms with Gasteiger partial charge < -0.3 is 5.73 Å². The van der Waals surface area contributed by atoms with Crippen LogP contribution in [0, 0.1) is 34.1 Å². The van der Waals surface area contributed by atoms with Gasteiger partial charge in [0, 0.05) is 6.07 Å². The number of aryl methyl sites for hydroxylation is 1. The Morgan fingerprint density at radius 1 is 1.37 bits per heavy atom. The highest BCUT2D eigenvalue weighted by molar-refractivity contribution is 6.28. The quantitative estimate of drug-likeness (QED) is 0.299. The lowest BCUT2D eigenvalue weighted by Gasteiger charge is -2.06. The average Bonchev–Trinajstić information content (AvgIpc) is 2.32. The lowest BCUT2D eigenvalue weighted by atomic mass is 10.1. The molecule has 0 aliphatic rings. The second-order valence-corrected chi connectivity index (χ2v) is 4.05. The van der Waals surface area contributed by atoms with E-state index in [0.29, 0.717) is 0 Å². The summed E-state index contributed by atoms with van der Waals surface area (Å²) < 4.78 is 0. The molecule has 0 heterocycles. The van der Waals surface area contributed by atoms with Crippen LogP contribution in [-0.4, -0.2) is 21.6 Å². The highest BCUT2D eigenvalue weighted by Crippen LogP contribution is 2.39. The molecule has 8 nitrogen and oxygen atoms in total. The number of amidine groups is 1. The largest absolute Gasteiger partial charge is 0.386 e. The Labute approximate surface area is 113 Å². The molecule has 0 radical (unpaired) electrons. The summed E-state index contributed by atoms with van der Waals surface area (Å²) in [7, 11) is 0. The molecule has 19 heavy (non-hydrogen) atoms. The van der Waals surface area contributed by atoms with Crippen LogP contribution in [0.1, 0.15) is 11.1 Å². The van der Waals surface area contributed by atoms with Crippen molar-refractivity contribution in [3.05, 3.63) is 37.4 Å². The van der Waals surface area contributed by atoms with E-state index in [-0.39, 0.29) is 34.2 Å². The number of aliphatic imine (C=N–C) groups is 1. The fraction of sp³-hybridized carbons (Fsp3) is 0.300. The first-order chi connectivity index (χ1) is 8.79. The highest BCUT2D eigenvalue weighted by Gasteiger charge is 2.28. The number of alkyl halides is 1. The average molecular weight is 287 g/mol. The zero-order chi connectivity index (χ0) is 14.7. The number of nitro benzene ring substituents is 2. The third kappa shape index (κ3) is 2.97. The van der Waals surface area contributed by atoms with Crippen molar-refractivity contribution in [1.29, 1.82) is 0 Å². The van der Waals surface area contributed by atoms with Crippen molar-refractivity contribution in [2.75, 3.05) is 5.88 Å². The van der Waals surface area contributed by atoms with Crippen molar-refractivity contribution in [1.82, 2.24) is 0 Å². The molecule has 0 unspecified atom stereocenters. The van der Waals surface area contributed by atoms with E-state index in [4.69, 9.17) is 17.3 Å². The van der Waals surface area contributed by atoms with E-state index in [0.717, 1.165) is 0 Å². The molecule has 0 saturated carbocycles. The van der Waals surface area contributed by atoms with E-state index in [1.807, 2.05) is 0 Å². The maximum absolute atomic E-state index is 11.1. The summed E-state index contributed by atoms with van der Waals surface area (Å²) in [5.41, 5.74) is 4.91. The summed E-state index contributed by atoms with van der Waals surface area (Å²) in [4.78, 5) is 24.4. The van der Waals surface area contributed by atoms with E-state index in [1.165, 1.54) is 19.9 Å². The van der Waals surface area contributed by atoms with Crippen molar-refractivity contribution in [2.45, 2.75) is 13.8 Å². The molecule has 0 saturated heterocycles. The highest BCUT2D eigenvalue weighted by atomic mass is 35.5. The van der Waals surface area contributed by atoms with Crippen molar-refractivity contribution in [3.63, 3.8) is 0 Å². The van der Waals surface area contributed by atoms with Crippen molar-refractivity contribution < 1.29 is 9.85 Å². The predicted molar refractivity (Wildman–Crippen MR) is 71.2 cm³/mol. The molecule has 0 atom stereocenters. The van der Waals surface area contributed by atoms with E-state index >= 15 is 0 Å². The summed E-state index contributed by atoms with van der Waals surface area (Å²) >= 11 is 5.47. The Kier molecular flexibility index (Phi) is 4.38. The van der Waals surface area contributed by atoms with Crippen LogP contribution >= 0.6 is 11.6 Å². The van der Waals surface area contributed by atoms with Crippen LogP contribution in [0.25, 0.3) is 0 Å². The smallest absolute Gasteiger partial charge is 0.304 e. The molecule has 1 aromatic rings. The molecule has 102 valence electrons. The van der Waals surface area contributed by atoms with Gasteiger partial charge in [-0.2, -0.15) is 0 Å². The van der Waals surface area contributed by atoms with Crippen LogP contribution < -0.4 is 5.73 Å². The van der Waals surface area contributed by atoms with Gasteiger partial charge in [-0.15, -0.1) is 11.6 Å². The molecule has 2 N–H and O–H groups in total. The third-order valence-corrected chi connectivity index (χ3v) is 2.74. The SMILES string of the molecule is Cc1cc([N+](=O)[O-])c(C)c([N+](=O)[O-])c1N=C(N)CCl.